The van der Waals surface area contributed by atoms with E-state index in [0.717, 1.165) is 17.3 Å². The Balaban J connectivity index is 1.94. The molecule has 0 unspecified atom stereocenters. The van der Waals surface area contributed by atoms with Gasteiger partial charge in [0, 0.05) is 11.8 Å². The van der Waals surface area contributed by atoms with Gasteiger partial charge in [0.1, 0.15) is 0 Å². The number of aromatic nitrogens is 1. The number of hydrogen-bond donors (Lipinski definition) is 1. The minimum atomic E-state index is -0.916. The molecule has 1 aliphatic rings. The lowest BCUT2D eigenvalue weighted by atomic mass is 9.87. The highest BCUT2D eigenvalue weighted by atomic mass is 32.1. The van der Waals surface area contributed by atoms with Crippen LogP contribution in [0.4, 0.5) is 0 Å². The van der Waals surface area contributed by atoms with Crippen LogP contribution in [0.1, 0.15) is 47.6 Å². The van der Waals surface area contributed by atoms with Gasteiger partial charge in [-0.3, -0.25) is 0 Å². The smallest absolute Gasteiger partial charge is 0.355 e. The molecule has 0 bridgehead atoms. The maximum atomic E-state index is 10.7. The summed E-state index contributed by atoms with van der Waals surface area (Å²) in [6, 6.07) is 0. The van der Waals surface area contributed by atoms with E-state index in [9.17, 15) is 4.79 Å². The number of carboxylic acids is 1. The average molecular weight is 225 g/mol. The second kappa shape index (κ2) is 4.75. The molecule has 0 amide bonds. The predicted molar refractivity (Wildman–Crippen MR) is 59.4 cm³/mol. The Kier molecular flexibility index (Phi) is 3.36. The summed E-state index contributed by atoms with van der Waals surface area (Å²) < 4.78 is 0. The standard InChI is InChI=1S/C11H15NO2S/c13-11(14)9-7-15-10(12-9)6-8-4-2-1-3-5-8/h7-8H,1-6H2,(H,13,14). The molecule has 0 radical (unpaired) electrons. The molecule has 2 rings (SSSR count). The van der Waals surface area contributed by atoms with Gasteiger partial charge in [-0.1, -0.05) is 32.1 Å². The predicted octanol–water partition coefficient (Wildman–Crippen LogP) is 2.96. The largest absolute Gasteiger partial charge is 0.476 e. The highest BCUT2D eigenvalue weighted by Crippen LogP contribution is 2.27. The number of hydrogen-bond acceptors (Lipinski definition) is 3. The monoisotopic (exact) mass is 225 g/mol. The summed E-state index contributed by atoms with van der Waals surface area (Å²) in [5.74, 6) is -0.187. The van der Waals surface area contributed by atoms with E-state index in [1.54, 1.807) is 5.38 Å². The highest BCUT2D eigenvalue weighted by Gasteiger charge is 2.16. The fraction of sp³-hybridized carbons (Fsp3) is 0.636. The van der Waals surface area contributed by atoms with E-state index >= 15 is 0 Å². The lowest BCUT2D eigenvalue weighted by molar-refractivity contribution is 0.0691. The van der Waals surface area contributed by atoms with Gasteiger partial charge in [-0.15, -0.1) is 11.3 Å². The van der Waals surface area contributed by atoms with Gasteiger partial charge in [0.25, 0.3) is 0 Å². The molecule has 0 atom stereocenters. The molecule has 3 nitrogen and oxygen atoms in total. The van der Waals surface area contributed by atoms with Gasteiger partial charge in [0.05, 0.1) is 5.01 Å². The fourth-order valence-electron chi connectivity index (χ4n) is 2.14. The lowest BCUT2D eigenvalue weighted by Crippen LogP contribution is -2.09. The van der Waals surface area contributed by atoms with E-state index in [0.29, 0.717) is 0 Å². The third kappa shape index (κ3) is 2.78. The second-order valence-electron chi connectivity index (χ2n) is 4.14. The zero-order valence-corrected chi connectivity index (χ0v) is 9.42. The molecule has 0 saturated heterocycles. The van der Waals surface area contributed by atoms with Crippen LogP contribution in [0.5, 0.6) is 0 Å². The first-order valence-corrected chi connectivity index (χ1v) is 6.31. The van der Waals surface area contributed by atoms with E-state index in [4.69, 9.17) is 5.11 Å². The fourth-order valence-corrected chi connectivity index (χ4v) is 3.03. The van der Waals surface area contributed by atoms with Crippen molar-refractivity contribution in [2.45, 2.75) is 38.5 Å². The van der Waals surface area contributed by atoms with Gasteiger partial charge in [-0.25, -0.2) is 9.78 Å². The van der Waals surface area contributed by atoms with Crippen molar-refractivity contribution >= 4 is 17.3 Å². The summed E-state index contributed by atoms with van der Waals surface area (Å²) in [5.41, 5.74) is 0.200. The van der Waals surface area contributed by atoms with Crippen molar-refractivity contribution in [1.29, 1.82) is 0 Å². The zero-order chi connectivity index (χ0) is 10.7. The number of carbonyl (C=O) groups is 1. The summed E-state index contributed by atoms with van der Waals surface area (Å²) in [6.45, 7) is 0. The first-order chi connectivity index (χ1) is 7.25. The lowest BCUT2D eigenvalue weighted by Gasteiger charge is -2.20. The Morgan fingerprint density at radius 1 is 1.47 bits per heavy atom. The molecule has 1 N–H and O–H groups in total. The Morgan fingerprint density at radius 2 is 2.20 bits per heavy atom. The van der Waals surface area contributed by atoms with E-state index in [-0.39, 0.29) is 5.69 Å². The van der Waals surface area contributed by atoms with E-state index in [1.807, 2.05) is 0 Å². The van der Waals surface area contributed by atoms with Crippen LogP contribution >= 0.6 is 11.3 Å². The second-order valence-corrected chi connectivity index (χ2v) is 5.08. The van der Waals surface area contributed by atoms with Crippen LogP contribution in [0.2, 0.25) is 0 Å². The van der Waals surface area contributed by atoms with Gasteiger partial charge < -0.3 is 5.11 Å². The summed E-state index contributed by atoms with van der Waals surface area (Å²) >= 11 is 1.48. The van der Waals surface area contributed by atoms with Crippen molar-refractivity contribution in [2.75, 3.05) is 0 Å². The van der Waals surface area contributed by atoms with Crippen molar-refractivity contribution < 1.29 is 9.90 Å². The number of aromatic carboxylic acids is 1. The van der Waals surface area contributed by atoms with E-state index in [2.05, 4.69) is 4.98 Å². The molecule has 4 heteroatoms. The summed E-state index contributed by atoms with van der Waals surface area (Å²) in [6.07, 6.45) is 7.53. The van der Waals surface area contributed by atoms with Gasteiger partial charge in [0.15, 0.2) is 5.69 Å². The minimum Gasteiger partial charge on any atom is -0.476 e. The van der Waals surface area contributed by atoms with Crippen LogP contribution in [0.3, 0.4) is 0 Å². The minimum absolute atomic E-state index is 0.200. The van der Waals surface area contributed by atoms with Crippen molar-refractivity contribution in [3.63, 3.8) is 0 Å². The average Bonchev–Trinajstić information content (AvgIpc) is 2.68. The van der Waals surface area contributed by atoms with Crippen LogP contribution in [-0.2, 0) is 6.42 Å². The summed E-state index contributed by atoms with van der Waals surface area (Å²) in [5, 5.41) is 11.4. The Hall–Kier alpha value is -0.900. The first-order valence-electron chi connectivity index (χ1n) is 5.43. The Labute approximate surface area is 93.2 Å². The number of carboxylic acid groups (broad SMARTS) is 1. The molecule has 0 aliphatic heterocycles. The van der Waals surface area contributed by atoms with E-state index < -0.39 is 5.97 Å². The number of nitrogens with zero attached hydrogens (tertiary/aromatic N) is 1. The van der Waals surface area contributed by atoms with Crippen LogP contribution in [-0.4, -0.2) is 16.1 Å². The third-order valence-electron chi connectivity index (χ3n) is 2.96. The molecular formula is C11H15NO2S. The van der Waals surface area contributed by atoms with Crippen LogP contribution in [0, 0.1) is 5.92 Å². The molecule has 15 heavy (non-hydrogen) atoms. The van der Waals surface area contributed by atoms with Gasteiger partial charge in [0.2, 0.25) is 0 Å². The van der Waals surface area contributed by atoms with E-state index in [1.165, 1.54) is 43.4 Å². The molecule has 0 spiro atoms. The molecular weight excluding hydrogens is 210 g/mol. The van der Waals surface area contributed by atoms with Crippen molar-refractivity contribution in [2.24, 2.45) is 5.92 Å². The van der Waals surface area contributed by atoms with Crippen LogP contribution < -0.4 is 0 Å². The Bertz CT molecular complexity index is 342. The summed E-state index contributed by atoms with van der Waals surface area (Å²) in [4.78, 5) is 14.8. The molecule has 1 aromatic rings. The number of rotatable bonds is 3. The highest BCUT2D eigenvalue weighted by molar-refractivity contribution is 7.09. The molecule has 0 aromatic carbocycles. The first kappa shape index (κ1) is 10.6. The van der Waals surface area contributed by atoms with Gasteiger partial charge in [-0.05, 0) is 5.92 Å². The Morgan fingerprint density at radius 3 is 2.80 bits per heavy atom. The zero-order valence-electron chi connectivity index (χ0n) is 8.61. The van der Waals surface area contributed by atoms with Gasteiger partial charge in [-0.2, -0.15) is 0 Å². The SMILES string of the molecule is O=C(O)c1csc(CC2CCCCC2)n1. The van der Waals surface area contributed by atoms with Crippen LogP contribution in [0.25, 0.3) is 0 Å². The third-order valence-corrected chi connectivity index (χ3v) is 3.83. The quantitative estimate of drug-likeness (QED) is 0.860. The maximum absolute atomic E-state index is 10.7. The van der Waals surface area contributed by atoms with Crippen LogP contribution in [0.15, 0.2) is 5.38 Å². The number of thiazole rings is 1. The molecule has 1 aliphatic carbocycles. The maximum Gasteiger partial charge on any atom is 0.355 e. The topological polar surface area (TPSA) is 50.2 Å². The molecule has 1 saturated carbocycles. The molecule has 1 fully saturated rings. The van der Waals surface area contributed by atoms with Crippen molar-refractivity contribution in [3.8, 4) is 0 Å². The van der Waals surface area contributed by atoms with Gasteiger partial charge >= 0.3 is 5.97 Å². The van der Waals surface area contributed by atoms with Crippen molar-refractivity contribution in [1.82, 2.24) is 4.98 Å². The molecule has 82 valence electrons. The summed E-state index contributed by atoms with van der Waals surface area (Å²) in [7, 11) is 0. The molecule has 1 heterocycles. The molecule has 1 aromatic heterocycles. The van der Waals surface area contributed by atoms with Crippen molar-refractivity contribution in [3.05, 3.63) is 16.1 Å². The normalized spacial score (nSPS) is 17.9.